The molecular formula is C14H18N2. The highest BCUT2D eigenvalue weighted by atomic mass is 14.9. The van der Waals surface area contributed by atoms with Crippen LogP contribution in [-0.4, -0.2) is 11.5 Å². The van der Waals surface area contributed by atoms with Gasteiger partial charge in [0.25, 0.3) is 0 Å². The number of pyridine rings is 1. The highest BCUT2D eigenvalue weighted by molar-refractivity contribution is 5.78. The highest BCUT2D eigenvalue weighted by Crippen LogP contribution is 2.12. The molecule has 0 aliphatic rings. The van der Waals surface area contributed by atoms with Crippen molar-refractivity contribution in [3.63, 3.8) is 0 Å². The summed E-state index contributed by atoms with van der Waals surface area (Å²) in [5.41, 5.74) is 2.31. The van der Waals surface area contributed by atoms with Crippen molar-refractivity contribution < 1.29 is 0 Å². The Morgan fingerprint density at radius 1 is 1.25 bits per heavy atom. The molecule has 0 radical (unpaired) electrons. The number of nitrogens with one attached hydrogen (secondary N) is 1. The molecule has 0 unspecified atom stereocenters. The van der Waals surface area contributed by atoms with Crippen molar-refractivity contribution in [2.45, 2.75) is 20.4 Å². The summed E-state index contributed by atoms with van der Waals surface area (Å²) in [5, 5.41) is 4.64. The van der Waals surface area contributed by atoms with E-state index in [-0.39, 0.29) is 0 Å². The smallest absolute Gasteiger partial charge is 0.0702 e. The molecule has 1 heterocycles. The molecule has 0 spiro atoms. The lowest BCUT2D eigenvalue weighted by molar-refractivity contribution is 0.552. The Morgan fingerprint density at radius 3 is 2.88 bits per heavy atom. The van der Waals surface area contributed by atoms with Crippen molar-refractivity contribution in [1.29, 1.82) is 0 Å². The average molecular weight is 214 g/mol. The summed E-state index contributed by atoms with van der Waals surface area (Å²) in [6.07, 6.45) is 1.95. The summed E-state index contributed by atoms with van der Waals surface area (Å²) in [5.74, 6) is 0.688. The van der Waals surface area contributed by atoms with Gasteiger partial charge in [-0.2, -0.15) is 0 Å². The van der Waals surface area contributed by atoms with Crippen molar-refractivity contribution >= 4 is 10.9 Å². The van der Waals surface area contributed by atoms with E-state index < -0.39 is 0 Å². The van der Waals surface area contributed by atoms with Gasteiger partial charge < -0.3 is 5.32 Å². The van der Waals surface area contributed by atoms with Crippen LogP contribution in [0.1, 0.15) is 19.4 Å². The van der Waals surface area contributed by atoms with E-state index in [1.165, 1.54) is 10.9 Å². The number of aromatic nitrogens is 1. The molecule has 1 aromatic carbocycles. The van der Waals surface area contributed by atoms with Gasteiger partial charge in [-0.3, -0.25) is 4.98 Å². The lowest BCUT2D eigenvalue weighted by Gasteiger charge is -2.07. The van der Waals surface area contributed by atoms with Crippen molar-refractivity contribution in [2.75, 3.05) is 6.54 Å². The molecule has 0 aliphatic heterocycles. The highest BCUT2D eigenvalue weighted by Gasteiger charge is 1.98. The van der Waals surface area contributed by atoms with Gasteiger partial charge in [0, 0.05) is 18.1 Å². The van der Waals surface area contributed by atoms with E-state index in [2.05, 4.69) is 42.3 Å². The number of para-hydroxylation sites is 1. The second kappa shape index (κ2) is 5.08. The normalized spacial score (nSPS) is 11.2. The summed E-state index contributed by atoms with van der Waals surface area (Å²) in [7, 11) is 0. The third-order valence-corrected chi connectivity index (χ3v) is 2.53. The lowest BCUT2D eigenvalue weighted by Crippen LogP contribution is -2.18. The van der Waals surface area contributed by atoms with Crippen LogP contribution in [0.4, 0.5) is 0 Å². The van der Waals surface area contributed by atoms with Crippen molar-refractivity contribution in [3.05, 3.63) is 42.1 Å². The molecule has 16 heavy (non-hydrogen) atoms. The van der Waals surface area contributed by atoms with Crippen molar-refractivity contribution in [3.8, 4) is 0 Å². The van der Waals surface area contributed by atoms with Gasteiger partial charge in [0.2, 0.25) is 0 Å². The first-order valence-electron chi connectivity index (χ1n) is 5.80. The van der Waals surface area contributed by atoms with Crippen LogP contribution >= 0.6 is 0 Å². The first kappa shape index (κ1) is 11.1. The maximum absolute atomic E-state index is 4.44. The number of nitrogens with zero attached hydrogens (tertiary/aromatic N) is 1. The molecule has 1 N–H and O–H groups in total. The fourth-order valence-corrected chi connectivity index (χ4v) is 1.72. The van der Waals surface area contributed by atoms with Crippen LogP contribution in [0.25, 0.3) is 10.9 Å². The van der Waals surface area contributed by atoms with E-state index in [1.807, 2.05) is 18.3 Å². The minimum Gasteiger partial charge on any atom is -0.312 e. The molecule has 0 saturated carbocycles. The maximum Gasteiger partial charge on any atom is 0.0702 e. The topological polar surface area (TPSA) is 24.9 Å². The molecule has 0 aliphatic carbocycles. The van der Waals surface area contributed by atoms with Crippen LogP contribution in [-0.2, 0) is 6.54 Å². The predicted octanol–water partition coefficient (Wildman–Crippen LogP) is 2.98. The van der Waals surface area contributed by atoms with Crippen molar-refractivity contribution in [2.24, 2.45) is 5.92 Å². The van der Waals surface area contributed by atoms with Gasteiger partial charge in [0.15, 0.2) is 0 Å². The Labute approximate surface area is 96.7 Å². The molecule has 2 rings (SSSR count). The summed E-state index contributed by atoms with van der Waals surface area (Å²) in [6, 6.07) is 10.4. The second-order valence-electron chi connectivity index (χ2n) is 4.56. The first-order valence-corrected chi connectivity index (χ1v) is 5.80. The van der Waals surface area contributed by atoms with Crippen LogP contribution < -0.4 is 5.32 Å². The molecule has 0 saturated heterocycles. The van der Waals surface area contributed by atoms with Crippen LogP contribution in [0, 0.1) is 5.92 Å². The standard InChI is InChI=1S/C14H18N2/c1-11(2)8-15-9-12-7-13-5-3-4-6-14(13)16-10-12/h3-7,10-11,15H,8-9H2,1-2H3. The summed E-state index contributed by atoms with van der Waals surface area (Å²) in [6.45, 7) is 6.38. The number of hydrogen-bond acceptors (Lipinski definition) is 2. The average Bonchev–Trinajstić information content (AvgIpc) is 2.28. The monoisotopic (exact) mass is 214 g/mol. The molecule has 0 amide bonds. The maximum atomic E-state index is 4.44. The zero-order chi connectivity index (χ0) is 11.4. The molecule has 84 valence electrons. The third-order valence-electron chi connectivity index (χ3n) is 2.53. The molecule has 1 aromatic heterocycles. The van der Waals surface area contributed by atoms with E-state index >= 15 is 0 Å². The Hall–Kier alpha value is -1.41. The molecule has 0 atom stereocenters. The van der Waals surface area contributed by atoms with Crippen LogP contribution in [0.5, 0.6) is 0 Å². The molecule has 0 fully saturated rings. The van der Waals surface area contributed by atoms with E-state index in [0.29, 0.717) is 5.92 Å². The Bertz CT molecular complexity index is 463. The predicted molar refractivity (Wildman–Crippen MR) is 68.3 cm³/mol. The minimum atomic E-state index is 0.688. The second-order valence-corrected chi connectivity index (χ2v) is 4.56. The first-order chi connectivity index (χ1) is 7.75. The fraction of sp³-hybridized carbons (Fsp3) is 0.357. The van der Waals surface area contributed by atoms with Gasteiger partial charge in [-0.25, -0.2) is 0 Å². The van der Waals surface area contributed by atoms with E-state index in [0.717, 1.165) is 18.6 Å². The van der Waals surface area contributed by atoms with Gasteiger partial charge in [-0.15, -0.1) is 0 Å². The Balaban J connectivity index is 2.08. The van der Waals surface area contributed by atoms with Gasteiger partial charge in [0.1, 0.15) is 0 Å². The SMILES string of the molecule is CC(C)CNCc1cnc2ccccc2c1. The van der Waals surface area contributed by atoms with E-state index in [4.69, 9.17) is 0 Å². The number of hydrogen-bond donors (Lipinski definition) is 1. The number of rotatable bonds is 4. The van der Waals surface area contributed by atoms with E-state index in [1.54, 1.807) is 0 Å². The van der Waals surface area contributed by atoms with Gasteiger partial charge in [-0.1, -0.05) is 32.0 Å². The number of fused-ring (bicyclic) bond motifs is 1. The zero-order valence-corrected chi connectivity index (χ0v) is 9.90. The molecule has 2 nitrogen and oxygen atoms in total. The lowest BCUT2D eigenvalue weighted by atomic mass is 10.1. The minimum absolute atomic E-state index is 0.688. The summed E-state index contributed by atoms with van der Waals surface area (Å²) < 4.78 is 0. The zero-order valence-electron chi connectivity index (χ0n) is 9.90. The Morgan fingerprint density at radius 2 is 2.06 bits per heavy atom. The van der Waals surface area contributed by atoms with Crippen LogP contribution in [0.3, 0.4) is 0 Å². The van der Waals surface area contributed by atoms with E-state index in [9.17, 15) is 0 Å². The molecule has 2 heteroatoms. The molecule has 2 aromatic rings. The van der Waals surface area contributed by atoms with Gasteiger partial charge in [0.05, 0.1) is 5.52 Å². The molecular weight excluding hydrogens is 196 g/mol. The largest absolute Gasteiger partial charge is 0.312 e. The van der Waals surface area contributed by atoms with Crippen LogP contribution in [0.15, 0.2) is 36.5 Å². The van der Waals surface area contributed by atoms with Crippen LogP contribution in [0.2, 0.25) is 0 Å². The van der Waals surface area contributed by atoms with Crippen molar-refractivity contribution in [1.82, 2.24) is 10.3 Å². The number of benzene rings is 1. The summed E-state index contributed by atoms with van der Waals surface area (Å²) in [4.78, 5) is 4.44. The molecule has 0 bridgehead atoms. The fourth-order valence-electron chi connectivity index (χ4n) is 1.72. The Kier molecular flexibility index (Phi) is 3.52. The van der Waals surface area contributed by atoms with Gasteiger partial charge >= 0.3 is 0 Å². The summed E-state index contributed by atoms with van der Waals surface area (Å²) >= 11 is 0. The quantitative estimate of drug-likeness (QED) is 0.846. The van der Waals surface area contributed by atoms with Gasteiger partial charge in [-0.05, 0) is 30.2 Å². The third kappa shape index (κ3) is 2.80.